The minimum absolute atomic E-state index is 0.486. The van der Waals surface area contributed by atoms with Crippen LogP contribution in [0.1, 0.15) is 5.89 Å². The molecule has 2 heterocycles. The number of hydrogen-bond acceptors (Lipinski definition) is 8. The van der Waals surface area contributed by atoms with Crippen LogP contribution in [0.15, 0.2) is 64.3 Å². The molecule has 0 bridgehead atoms. The monoisotopic (exact) mass is 395 g/mol. The Morgan fingerprint density at radius 2 is 1.93 bits per heavy atom. The molecule has 0 amide bonds. The SMILES string of the molecule is COc1ccc(OC)c(-n2nnnc2SCc2ncc(-c3ccccc3)o2)c1. The maximum Gasteiger partial charge on any atom is 0.214 e. The van der Waals surface area contributed by atoms with Gasteiger partial charge in [0.1, 0.15) is 17.2 Å². The number of thioether (sulfide) groups is 1. The average molecular weight is 395 g/mol. The van der Waals surface area contributed by atoms with Crippen LogP contribution in [0.25, 0.3) is 17.0 Å². The molecule has 0 saturated heterocycles. The van der Waals surface area contributed by atoms with Gasteiger partial charge in [-0.2, -0.15) is 4.68 Å². The van der Waals surface area contributed by atoms with Crippen LogP contribution < -0.4 is 9.47 Å². The third-order valence-corrected chi connectivity index (χ3v) is 4.90. The predicted octanol–water partition coefficient (Wildman–Crippen LogP) is 3.63. The Hall–Kier alpha value is -3.33. The highest BCUT2D eigenvalue weighted by molar-refractivity contribution is 7.98. The Kier molecular flexibility index (Phi) is 5.24. The maximum absolute atomic E-state index is 5.84. The van der Waals surface area contributed by atoms with E-state index in [9.17, 15) is 0 Å². The van der Waals surface area contributed by atoms with E-state index in [0.29, 0.717) is 34.0 Å². The summed E-state index contributed by atoms with van der Waals surface area (Å²) in [6.45, 7) is 0. The van der Waals surface area contributed by atoms with E-state index < -0.39 is 0 Å². The first-order valence-corrected chi connectivity index (χ1v) is 9.40. The summed E-state index contributed by atoms with van der Waals surface area (Å²) in [5.74, 6) is 3.13. The summed E-state index contributed by atoms with van der Waals surface area (Å²) in [7, 11) is 3.20. The van der Waals surface area contributed by atoms with E-state index >= 15 is 0 Å². The predicted molar refractivity (Wildman–Crippen MR) is 104 cm³/mol. The summed E-state index contributed by atoms with van der Waals surface area (Å²) < 4.78 is 18.2. The number of hydrogen-bond donors (Lipinski definition) is 0. The fourth-order valence-corrected chi connectivity index (χ4v) is 3.36. The Labute approximate surface area is 165 Å². The molecule has 8 nitrogen and oxygen atoms in total. The normalized spacial score (nSPS) is 10.8. The molecule has 28 heavy (non-hydrogen) atoms. The molecular weight excluding hydrogens is 378 g/mol. The molecule has 0 radical (unpaired) electrons. The second-order valence-electron chi connectivity index (χ2n) is 5.68. The van der Waals surface area contributed by atoms with E-state index in [-0.39, 0.29) is 0 Å². The lowest BCUT2D eigenvalue weighted by atomic mass is 10.2. The van der Waals surface area contributed by atoms with Gasteiger partial charge in [-0.25, -0.2) is 4.98 Å². The lowest BCUT2D eigenvalue weighted by Gasteiger charge is -2.10. The summed E-state index contributed by atoms with van der Waals surface area (Å²) >= 11 is 1.42. The Morgan fingerprint density at radius 3 is 2.71 bits per heavy atom. The van der Waals surface area contributed by atoms with Crippen LogP contribution in [0, 0.1) is 0 Å². The van der Waals surface area contributed by atoms with Gasteiger partial charge in [-0.3, -0.25) is 0 Å². The molecule has 0 aliphatic rings. The average Bonchev–Trinajstić information content (AvgIpc) is 3.42. The zero-order valence-electron chi connectivity index (χ0n) is 15.3. The number of nitrogens with zero attached hydrogens (tertiary/aromatic N) is 5. The zero-order valence-corrected chi connectivity index (χ0v) is 16.1. The second-order valence-corrected chi connectivity index (χ2v) is 6.63. The Morgan fingerprint density at radius 1 is 1.07 bits per heavy atom. The van der Waals surface area contributed by atoms with Crippen molar-refractivity contribution in [2.24, 2.45) is 0 Å². The highest BCUT2D eigenvalue weighted by Crippen LogP contribution is 2.31. The van der Waals surface area contributed by atoms with Gasteiger partial charge in [0.05, 0.1) is 26.2 Å². The highest BCUT2D eigenvalue weighted by Gasteiger charge is 2.16. The Balaban J connectivity index is 1.54. The van der Waals surface area contributed by atoms with Crippen molar-refractivity contribution in [2.45, 2.75) is 10.9 Å². The molecule has 9 heteroatoms. The van der Waals surface area contributed by atoms with Crippen LogP contribution >= 0.6 is 11.8 Å². The third kappa shape index (κ3) is 3.70. The van der Waals surface area contributed by atoms with Crippen LogP contribution in [0.2, 0.25) is 0 Å². The van der Waals surface area contributed by atoms with Crippen LogP contribution in [-0.2, 0) is 5.75 Å². The minimum atomic E-state index is 0.486. The quantitative estimate of drug-likeness (QED) is 0.438. The van der Waals surface area contributed by atoms with E-state index in [1.165, 1.54) is 11.8 Å². The smallest absolute Gasteiger partial charge is 0.214 e. The number of oxazole rings is 1. The van der Waals surface area contributed by atoms with Crippen molar-refractivity contribution in [1.82, 2.24) is 25.2 Å². The number of methoxy groups -OCH3 is 2. The number of benzene rings is 2. The van der Waals surface area contributed by atoms with Gasteiger partial charge in [-0.15, -0.1) is 5.10 Å². The highest BCUT2D eigenvalue weighted by atomic mass is 32.2. The van der Waals surface area contributed by atoms with Gasteiger partial charge >= 0.3 is 0 Å². The van der Waals surface area contributed by atoms with E-state index in [1.807, 2.05) is 48.5 Å². The lowest BCUT2D eigenvalue weighted by Crippen LogP contribution is -2.02. The van der Waals surface area contributed by atoms with Gasteiger partial charge in [0.15, 0.2) is 5.76 Å². The number of ether oxygens (including phenoxy) is 2. The molecule has 2 aromatic heterocycles. The first-order chi connectivity index (χ1) is 13.8. The minimum Gasteiger partial charge on any atom is -0.497 e. The molecule has 0 saturated carbocycles. The fourth-order valence-electron chi connectivity index (χ4n) is 2.62. The summed E-state index contributed by atoms with van der Waals surface area (Å²) in [6.07, 6.45) is 1.72. The van der Waals surface area contributed by atoms with Crippen molar-refractivity contribution < 1.29 is 13.9 Å². The van der Waals surface area contributed by atoms with Crippen LogP contribution in [0.4, 0.5) is 0 Å². The molecule has 0 N–H and O–H groups in total. The fraction of sp³-hybridized carbons (Fsp3) is 0.158. The van der Waals surface area contributed by atoms with Gasteiger partial charge in [-0.1, -0.05) is 42.1 Å². The first-order valence-electron chi connectivity index (χ1n) is 8.42. The number of rotatable bonds is 7. The molecule has 0 fully saturated rings. The molecule has 4 rings (SSSR count). The van der Waals surface area contributed by atoms with Crippen molar-refractivity contribution in [3.63, 3.8) is 0 Å². The van der Waals surface area contributed by atoms with Gasteiger partial charge in [0, 0.05) is 11.6 Å². The molecule has 0 atom stereocenters. The number of aromatic nitrogens is 5. The molecule has 0 aliphatic heterocycles. The molecule has 0 unspecified atom stereocenters. The maximum atomic E-state index is 5.84. The lowest BCUT2D eigenvalue weighted by molar-refractivity contribution is 0.399. The molecule has 0 aliphatic carbocycles. The Bertz CT molecular complexity index is 1060. The van der Waals surface area contributed by atoms with Crippen molar-refractivity contribution in [3.8, 4) is 28.5 Å². The summed E-state index contributed by atoms with van der Waals surface area (Å²) in [4.78, 5) is 4.35. The number of tetrazole rings is 1. The van der Waals surface area contributed by atoms with E-state index in [0.717, 1.165) is 11.3 Å². The molecule has 142 valence electrons. The van der Waals surface area contributed by atoms with Crippen molar-refractivity contribution in [1.29, 1.82) is 0 Å². The van der Waals surface area contributed by atoms with E-state index in [2.05, 4.69) is 20.5 Å². The molecule has 4 aromatic rings. The van der Waals surface area contributed by atoms with Crippen LogP contribution in [0.5, 0.6) is 11.5 Å². The van der Waals surface area contributed by atoms with E-state index in [4.69, 9.17) is 13.9 Å². The standard InChI is InChI=1S/C19H17N5O3S/c1-25-14-8-9-16(26-2)15(10-14)24-19(21-22-23-24)28-12-18-20-11-17(27-18)13-6-4-3-5-7-13/h3-11H,12H2,1-2H3. The molecule has 0 spiro atoms. The molecule has 2 aromatic carbocycles. The molecular formula is C19H17N5O3S. The van der Waals surface area contributed by atoms with Crippen molar-refractivity contribution >= 4 is 11.8 Å². The van der Waals surface area contributed by atoms with Gasteiger partial charge in [-0.05, 0) is 22.6 Å². The van der Waals surface area contributed by atoms with Crippen LogP contribution in [-0.4, -0.2) is 39.4 Å². The first kappa shape index (κ1) is 18.1. The van der Waals surface area contributed by atoms with E-state index in [1.54, 1.807) is 25.1 Å². The zero-order chi connectivity index (χ0) is 19.3. The van der Waals surface area contributed by atoms with Gasteiger partial charge in [0.25, 0.3) is 0 Å². The third-order valence-electron chi connectivity index (χ3n) is 3.99. The van der Waals surface area contributed by atoms with Crippen molar-refractivity contribution in [3.05, 3.63) is 60.6 Å². The summed E-state index contributed by atoms with van der Waals surface area (Å²) in [6, 6.07) is 15.3. The summed E-state index contributed by atoms with van der Waals surface area (Å²) in [5.41, 5.74) is 1.67. The second kappa shape index (κ2) is 8.13. The van der Waals surface area contributed by atoms with Gasteiger partial charge < -0.3 is 13.9 Å². The van der Waals surface area contributed by atoms with Crippen molar-refractivity contribution in [2.75, 3.05) is 14.2 Å². The summed E-state index contributed by atoms with van der Waals surface area (Å²) in [5, 5.41) is 12.6. The van der Waals surface area contributed by atoms with Gasteiger partial charge in [0.2, 0.25) is 11.0 Å². The largest absolute Gasteiger partial charge is 0.497 e. The van der Waals surface area contributed by atoms with Crippen LogP contribution in [0.3, 0.4) is 0 Å². The topological polar surface area (TPSA) is 88.1 Å².